The number of carbonyl (C=O) groups excluding carboxylic acids is 1. The molecular weight excluding hydrogens is 244 g/mol. The first-order valence-electron chi connectivity index (χ1n) is 5.90. The number of Topliss-reactive ketones (excluding diaryl/α,β-unsaturated/α-hetero) is 1. The number of ether oxygens (including phenoxy) is 1. The molecule has 0 saturated heterocycles. The second-order valence-electron chi connectivity index (χ2n) is 4.21. The number of aryl methyl sites for hydroxylation is 1. The van der Waals surface area contributed by atoms with Crippen molar-refractivity contribution in [1.29, 1.82) is 0 Å². The molecule has 0 saturated carbocycles. The molecule has 0 aliphatic heterocycles. The summed E-state index contributed by atoms with van der Waals surface area (Å²) in [5, 5.41) is 0. The van der Waals surface area contributed by atoms with Gasteiger partial charge < -0.3 is 9.15 Å². The lowest BCUT2D eigenvalue weighted by Crippen LogP contribution is -2.15. The molecule has 1 heterocycles. The van der Waals surface area contributed by atoms with Gasteiger partial charge in [0.1, 0.15) is 23.7 Å². The van der Waals surface area contributed by atoms with Crippen LogP contribution in [-0.4, -0.2) is 5.78 Å². The molecular formula is C15H14O4. The van der Waals surface area contributed by atoms with E-state index in [1.54, 1.807) is 13.0 Å². The lowest BCUT2D eigenvalue weighted by atomic mass is 10.2. The van der Waals surface area contributed by atoms with Crippen LogP contribution in [0.1, 0.15) is 28.6 Å². The third-order valence-corrected chi connectivity index (χ3v) is 2.63. The zero-order chi connectivity index (χ0) is 13.8. The van der Waals surface area contributed by atoms with Crippen LogP contribution in [0.2, 0.25) is 0 Å². The van der Waals surface area contributed by atoms with Crippen LogP contribution < -0.4 is 10.4 Å². The molecule has 2 aromatic rings. The largest absolute Gasteiger partial charge is 0.488 e. The Morgan fingerprint density at radius 3 is 2.58 bits per heavy atom. The van der Waals surface area contributed by atoms with E-state index in [1.807, 2.05) is 30.3 Å². The van der Waals surface area contributed by atoms with Gasteiger partial charge in [-0.2, -0.15) is 0 Å². The highest BCUT2D eigenvalue weighted by Gasteiger charge is 2.16. The van der Waals surface area contributed by atoms with Crippen LogP contribution in [0.4, 0.5) is 0 Å². The van der Waals surface area contributed by atoms with Crippen molar-refractivity contribution >= 4 is 5.78 Å². The van der Waals surface area contributed by atoms with Crippen LogP contribution in [0.5, 0.6) is 5.75 Å². The second-order valence-corrected chi connectivity index (χ2v) is 4.21. The van der Waals surface area contributed by atoms with Gasteiger partial charge in [-0.15, -0.1) is 0 Å². The third kappa shape index (κ3) is 3.10. The molecule has 0 unspecified atom stereocenters. The van der Waals surface area contributed by atoms with Gasteiger partial charge in [0, 0.05) is 6.07 Å². The Bertz CT molecular complexity index is 641. The molecule has 0 radical (unpaired) electrons. The predicted octanol–water partition coefficient (Wildman–Crippen LogP) is 2.73. The van der Waals surface area contributed by atoms with E-state index in [-0.39, 0.29) is 17.1 Å². The Balaban J connectivity index is 2.29. The summed E-state index contributed by atoms with van der Waals surface area (Å²) in [5.41, 5.74) is 0.264. The average Bonchev–Trinajstić information content (AvgIpc) is 2.36. The van der Waals surface area contributed by atoms with Gasteiger partial charge in [0.2, 0.25) is 0 Å². The summed E-state index contributed by atoms with van der Waals surface area (Å²) in [7, 11) is 0. The van der Waals surface area contributed by atoms with Crippen LogP contribution >= 0.6 is 0 Å². The Hall–Kier alpha value is -2.36. The van der Waals surface area contributed by atoms with Crippen molar-refractivity contribution in [2.75, 3.05) is 0 Å². The van der Waals surface area contributed by atoms with E-state index in [2.05, 4.69) is 0 Å². The molecule has 1 aromatic carbocycles. The van der Waals surface area contributed by atoms with Crippen molar-refractivity contribution in [3.05, 3.63) is 63.7 Å². The summed E-state index contributed by atoms with van der Waals surface area (Å²) >= 11 is 0. The minimum atomic E-state index is -0.657. The standard InChI is InChI=1S/C15H14O4/c1-10-8-13(14(11(2)16)15(17)19-10)18-9-12-6-4-3-5-7-12/h3-8H,9H2,1-2H3. The fourth-order valence-corrected chi connectivity index (χ4v) is 1.75. The van der Waals surface area contributed by atoms with E-state index in [9.17, 15) is 9.59 Å². The molecule has 19 heavy (non-hydrogen) atoms. The van der Waals surface area contributed by atoms with Gasteiger partial charge in [-0.1, -0.05) is 30.3 Å². The molecule has 0 fully saturated rings. The van der Waals surface area contributed by atoms with Crippen molar-refractivity contribution < 1.29 is 13.9 Å². The maximum Gasteiger partial charge on any atom is 0.350 e. The van der Waals surface area contributed by atoms with Gasteiger partial charge in [-0.3, -0.25) is 4.79 Å². The van der Waals surface area contributed by atoms with Gasteiger partial charge >= 0.3 is 5.63 Å². The molecule has 1 aromatic heterocycles. The molecule has 4 heteroatoms. The minimum absolute atomic E-state index is 0.0402. The van der Waals surface area contributed by atoms with E-state index in [0.717, 1.165) is 5.56 Å². The van der Waals surface area contributed by atoms with Gasteiger partial charge in [0.25, 0.3) is 0 Å². The molecule has 4 nitrogen and oxygen atoms in total. The third-order valence-electron chi connectivity index (χ3n) is 2.63. The number of benzene rings is 1. The first-order valence-corrected chi connectivity index (χ1v) is 5.90. The number of hydrogen-bond acceptors (Lipinski definition) is 4. The van der Waals surface area contributed by atoms with Crippen LogP contribution in [0.25, 0.3) is 0 Å². The first kappa shape index (κ1) is 13.1. The topological polar surface area (TPSA) is 56.5 Å². The smallest absolute Gasteiger partial charge is 0.350 e. The van der Waals surface area contributed by atoms with Gasteiger partial charge in [0.05, 0.1) is 0 Å². The summed E-state index contributed by atoms with van der Waals surface area (Å²) < 4.78 is 10.5. The Kier molecular flexibility index (Phi) is 3.80. The van der Waals surface area contributed by atoms with Gasteiger partial charge in [-0.05, 0) is 19.4 Å². The molecule has 0 atom stereocenters. The summed E-state index contributed by atoms with van der Waals surface area (Å²) in [6, 6.07) is 11.1. The highest BCUT2D eigenvalue weighted by atomic mass is 16.5. The maximum absolute atomic E-state index is 11.6. The van der Waals surface area contributed by atoms with E-state index in [1.165, 1.54) is 6.92 Å². The molecule has 2 rings (SSSR count). The number of ketones is 1. The van der Waals surface area contributed by atoms with Crippen molar-refractivity contribution in [3.8, 4) is 5.75 Å². The van der Waals surface area contributed by atoms with Crippen molar-refractivity contribution in [1.82, 2.24) is 0 Å². The average molecular weight is 258 g/mol. The van der Waals surface area contributed by atoms with Crippen molar-refractivity contribution in [2.24, 2.45) is 0 Å². The highest BCUT2D eigenvalue weighted by Crippen LogP contribution is 2.18. The van der Waals surface area contributed by atoms with E-state index in [0.29, 0.717) is 12.4 Å². The lowest BCUT2D eigenvalue weighted by Gasteiger charge is -2.09. The molecule has 0 bridgehead atoms. The molecule has 0 spiro atoms. The van der Waals surface area contributed by atoms with Crippen LogP contribution in [0.15, 0.2) is 45.6 Å². The lowest BCUT2D eigenvalue weighted by molar-refractivity contribution is 0.100. The normalized spacial score (nSPS) is 10.2. The van der Waals surface area contributed by atoms with E-state index < -0.39 is 5.63 Å². The zero-order valence-corrected chi connectivity index (χ0v) is 10.8. The minimum Gasteiger partial charge on any atom is -0.488 e. The maximum atomic E-state index is 11.6. The number of carbonyl (C=O) groups is 1. The van der Waals surface area contributed by atoms with Crippen LogP contribution in [0, 0.1) is 6.92 Å². The van der Waals surface area contributed by atoms with Crippen LogP contribution in [0.3, 0.4) is 0 Å². The fourth-order valence-electron chi connectivity index (χ4n) is 1.75. The summed E-state index contributed by atoms with van der Waals surface area (Å²) in [6.07, 6.45) is 0. The molecule has 0 aliphatic carbocycles. The van der Waals surface area contributed by atoms with Gasteiger partial charge in [-0.25, -0.2) is 4.79 Å². The quantitative estimate of drug-likeness (QED) is 0.791. The summed E-state index contributed by atoms with van der Waals surface area (Å²) in [5.74, 6) is 0.319. The number of hydrogen-bond donors (Lipinski definition) is 0. The molecule has 0 amide bonds. The number of rotatable bonds is 4. The Morgan fingerprint density at radius 2 is 1.95 bits per heavy atom. The summed E-state index contributed by atoms with van der Waals surface area (Å²) in [6.45, 7) is 3.25. The molecule has 98 valence electrons. The SMILES string of the molecule is CC(=O)c1c(OCc2ccccc2)cc(C)oc1=O. The highest BCUT2D eigenvalue weighted by molar-refractivity contribution is 5.96. The molecule has 0 aliphatic rings. The first-order chi connectivity index (χ1) is 9.08. The van der Waals surface area contributed by atoms with Crippen molar-refractivity contribution in [3.63, 3.8) is 0 Å². The van der Waals surface area contributed by atoms with Crippen LogP contribution in [-0.2, 0) is 6.61 Å². The van der Waals surface area contributed by atoms with E-state index >= 15 is 0 Å². The Labute approximate surface area is 110 Å². The van der Waals surface area contributed by atoms with E-state index in [4.69, 9.17) is 9.15 Å². The van der Waals surface area contributed by atoms with Gasteiger partial charge in [0.15, 0.2) is 5.78 Å². The summed E-state index contributed by atoms with van der Waals surface area (Å²) in [4.78, 5) is 23.1. The monoisotopic (exact) mass is 258 g/mol. The molecule has 0 N–H and O–H groups in total. The van der Waals surface area contributed by atoms with Crippen molar-refractivity contribution in [2.45, 2.75) is 20.5 Å². The zero-order valence-electron chi connectivity index (χ0n) is 10.8. The predicted molar refractivity (Wildman–Crippen MR) is 70.5 cm³/mol. The Morgan fingerprint density at radius 1 is 1.26 bits per heavy atom. The second kappa shape index (κ2) is 5.52. The fraction of sp³-hybridized carbons (Fsp3) is 0.200.